The van der Waals surface area contributed by atoms with Crippen LogP contribution < -0.4 is 9.84 Å². The number of ether oxygens (including phenoxy) is 1. The van der Waals surface area contributed by atoms with Crippen molar-refractivity contribution in [3.05, 3.63) is 45.9 Å². The smallest absolute Gasteiger partial charge is 0.455 e. The Labute approximate surface area is 425 Å². The number of Topliss-reactive ketones (excluding diaryl/α,β-unsaturated/α-hetero) is 2. The Bertz CT molecular complexity index is 2290. The summed E-state index contributed by atoms with van der Waals surface area (Å²) in [6.07, 6.45) is 3.71. The van der Waals surface area contributed by atoms with Crippen LogP contribution in [0.2, 0.25) is 0 Å². The summed E-state index contributed by atoms with van der Waals surface area (Å²) in [5.41, 5.74) is 0.638. The Balaban J connectivity index is 1.48. The predicted molar refractivity (Wildman–Crippen MR) is 271 cm³/mol. The molecule has 8 atom stereocenters. The third-order valence-electron chi connectivity index (χ3n) is 13.3. The molecule has 3 unspecified atom stereocenters. The van der Waals surface area contributed by atoms with Crippen LogP contribution in [0.5, 0.6) is 5.75 Å². The molecule has 396 valence electrons. The lowest BCUT2D eigenvalue weighted by Gasteiger charge is -2.37. The molecule has 0 bridgehead atoms. The topological polar surface area (TPSA) is 267 Å². The van der Waals surface area contributed by atoms with Gasteiger partial charge in [0.15, 0.2) is 11.9 Å². The van der Waals surface area contributed by atoms with E-state index in [2.05, 4.69) is 19.7 Å². The van der Waals surface area contributed by atoms with E-state index in [-0.39, 0.29) is 122 Å². The predicted octanol–water partition coefficient (Wildman–Crippen LogP) is 6.29. The fraction of sp³-hybridized carbons (Fsp3) is 0.667. The van der Waals surface area contributed by atoms with Crippen LogP contribution in [0.15, 0.2) is 29.6 Å². The molecule has 3 heterocycles. The first kappa shape index (κ1) is 59.8. The van der Waals surface area contributed by atoms with E-state index in [9.17, 15) is 57.4 Å². The molecule has 1 aromatic heterocycles. The summed E-state index contributed by atoms with van der Waals surface area (Å²) in [6.45, 7) is 11.4. The zero-order valence-corrected chi connectivity index (χ0v) is 45.7. The first-order valence-corrected chi connectivity index (χ1v) is 29.9. The number of carbonyl (C=O) groups is 7. The number of piperidine rings is 1. The maximum atomic E-state index is 14.3. The van der Waals surface area contributed by atoms with Crippen LogP contribution in [0.25, 0.3) is 0 Å². The Kier molecular flexibility index (Phi) is 22.7. The number of aromatic nitrogens is 1. The fourth-order valence-corrected chi connectivity index (χ4v) is 12.5. The number of carbonyl (C=O) groups excluding carboxylic acids is 7. The highest BCUT2D eigenvalue weighted by molar-refractivity contribution is 8.00. The van der Waals surface area contributed by atoms with Crippen molar-refractivity contribution in [2.75, 3.05) is 45.8 Å². The van der Waals surface area contributed by atoms with Crippen molar-refractivity contribution in [3.8, 4) is 5.75 Å². The van der Waals surface area contributed by atoms with Crippen molar-refractivity contribution in [1.82, 2.24) is 25.0 Å². The van der Waals surface area contributed by atoms with Gasteiger partial charge in [-0.05, 0) is 81.5 Å². The number of likely N-dealkylation sites (tertiary alicyclic amines) is 2. The molecule has 4 rings (SSSR count). The van der Waals surface area contributed by atoms with Crippen LogP contribution in [0.1, 0.15) is 126 Å². The second-order valence-corrected chi connectivity index (χ2v) is 25.3. The summed E-state index contributed by atoms with van der Waals surface area (Å²) in [5, 5.41) is 4.30. The second kappa shape index (κ2) is 26.9. The number of thiazole rings is 1. The number of amides is 4. The van der Waals surface area contributed by atoms with Gasteiger partial charge in [0, 0.05) is 87.8 Å². The van der Waals surface area contributed by atoms with Crippen LogP contribution in [-0.2, 0) is 49.1 Å². The van der Waals surface area contributed by atoms with Gasteiger partial charge in [-0.2, -0.15) is 11.8 Å². The highest BCUT2D eigenvalue weighted by Crippen LogP contribution is 2.42. The third kappa shape index (κ3) is 18.3. The van der Waals surface area contributed by atoms with E-state index in [1.807, 2.05) is 34.7 Å². The average Bonchev–Trinajstić information content (AvgIpc) is 3.89. The quantitative estimate of drug-likeness (QED) is 0.0415. The van der Waals surface area contributed by atoms with E-state index in [1.54, 1.807) is 37.3 Å². The average molecular weight is 1070 g/mol. The van der Waals surface area contributed by atoms with Crippen molar-refractivity contribution >= 4 is 79.5 Å². The van der Waals surface area contributed by atoms with Gasteiger partial charge in [-0.15, -0.1) is 11.3 Å². The molecule has 2 aromatic rings. The largest absolute Gasteiger partial charge is 0.524 e. The summed E-state index contributed by atoms with van der Waals surface area (Å²) in [5.74, 6) is -3.83. The number of rotatable bonds is 28. The molecular weight excluding hydrogens is 997 g/mol. The summed E-state index contributed by atoms with van der Waals surface area (Å²) < 4.78 is 34.9. The van der Waals surface area contributed by atoms with E-state index in [0.717, 1.165) is 42.0 Å². The lowest BCUT2D eigenvalue weighted by atomic mass is 9.84. The van der Waals surface area contributed by atoms with Crippen LogP contribution in [0, 0.1) is 23.7 Å². The molecule has 2 aliphatic rings. The van der Waals surface area contributed by atoms with Gasteiger partial charge in [0.2, 0.25) is 25.1 Å². The standard InChI is InChI=1S/C48H73N5O14P2S2/c1-29(2)36(25-41(56)38-13-10-11-19-51(38)7)47(59)52(8)39(30(3)4)26-42(66-32(6)54)46-50-37(28-71-46)45(58)49-34(24-33-15-17-35(18-16-33)67-69(63,64)65)23-31(5)40(55)14-12-21-68(61,62)22-20-53-44(57)27-43(70-9)48(53)60/h15-18,28-31,34,36,38-39,42-43H,10-14,19-27H2,1-9H3,(H,49,58)(H,61,62)(H2,63,64,65)/t31?,34-,36+,38-,39-,42-,43?/m1/s1. The molecular formula is C48H73N5O14P2S2. The summed E-state index contributed by atoms with van der Waals surface area (Å²) in [7, 11) is -4.98. The maximum Gasteiger partial charge on any atom is 0.524 e. The van der Waals surface area contributed by atoms with Crippen molar-refractivity contribution < 1.29 is 66.6 Å². The Morgan fingerprint density at radius 2 is 1.66 bits per heavy atom. The number of nitrogens with zero attached hydrogens (tertiary/aromatic N) is 4. The van der Waals surface area contributed by atoms with Crippen molar-refractivity contribution in [3.63, 3.8) is 0 Å². The number of hydrogen-bond donors (Lipinski definition) is 4. The molecule has 1 aromatic carbocycles. The normalized spacial score (nSPS) is 19.7. The summed E-state index contributed by atoms with van der Waals surface area (Å²) in [6, 6.07) is 4.48. The minimum atomic E-state index is -4.83. The zero-order chi connectivity index (χ0) is 53.0. The van der Waals surface area contributed by atoms with Crippen molar-refractivity contribution in [1.29, 1.82) is 0 Å². The van der Waals surface area contributed by atoms with Gasteiger partial charge in [0.05, 0.1) is 11.3 Å². The number of hydrogen-bond acceptors (Lipinski definition) is 15. The molecule has 2 fully saturated rings. The highest BCUT2D eigenvalue weighted by Gasteiger charge is 2.40. The SMILES string of the molecule is CSC1CC(=O)N(CCP(=O)(O)CCCC(=O)C(C)C[C@H](Cc2ccc(OP(=O)(O)O)cc2)NC(=O)c2csc([C@@H](C[C@H](C(C)C)N(C)C(=O)[C@@H](CC(=O)[C@H]3CCCCN3C)C(C)C)OC(C)=O)n2)C1=O. The van der Waals surface area contributed by atoms with E-state index in [0.29, 0.717) is 10.6 Å². The molecule has 2 aliphatic heterocycles. The van der Waals surface area contributed by atoms with Gasteiger partial charge in [-0.1, -0.05) is 53.2 Å². The first-order valence-electron chi connectivity index (χ1n) is 24.2. The van der Waals surface area contributed by atoms with Crippen LogP contribution in [0.4, 0.5) is 0 Å². The minimum absolute atomic E-state index is 0.00751. The Hall–Kier alpha value is -3.81. The van der Waals surface area contributed by atoms with Gasteiger partial charge < -0.3 is 24.4 Å². The highest BCUT2D eigenvalue weighted by atomic mass is 32.2. The Morgan fingerprint density at radius 3 is 2.24 bits per heavy atom. The van der Waals surface area contributed by atoms with Gasteiger partial charge in [-0.3, -0.25) is 57.7 Å². The molecule has 71 heavy (non-hydrogen) atoms. The molecule has 4 N–H and O–H groups in total. The number of phosphoric ester groups is 1. The lowest BCUT2D eigenvalue weighted by molar-refractivity contribution is -0.149. The molecule has 4 amide bonds. The van der Waals surface area contributed by atoms with Crippen LogP contribution in [-0.4, -0.2) is 145 Å². The Morgan fingerprint density at radius 1 is 0.986 bits per heavy atom. The van der Waals surface area contributed by atoms with Gasteiger partial charge in [0.1, 0.15) is 22.2 Å². The summed E-state index contributed by atoms with van der Waals surface area (Å²) >= 11 is 2.35. The number of likely N-dealkylation sites (N-methyl/N-ethyl adjacent to an activating group) is 1. The maximum absolute atomic E-state index is 14.3. The zero-order valence-electron chi connectivity index (χ0n) is 42.3. The third-order valence-corrected chi connectivity index (χ3v) is 17.6. The number of ketones is 2. The van der Waals surface area contributed by atoms with Crippen molar-refractivity contribution in [2.45, 2.75) is 135 Å². The number of phosphoric acid groups is 1. The molecule has 23 heteroatoms. The molecule has 19 nitrogen and oxygen atoms in total. The molecule has 0 radical (unpaired) electrons. The van der Waals surface area contributed by atoms with Crippen LogP contribution in [0.3, 0.4) is 0 Å². The summed E-state index contributed by atoms with van der Waals surface area (Å²) in [4.78, 5) is 131. The minimum Gasteiger partial charge on any atom is -0.455 e. The first-order chi connectivity index (χ1) is 33.2. The van der Waals surface area contributed by atoms with Gasteiger partial charge >= 0.3 is 13.8 Å². The number of benzene rings is 1. The molecule has 0 aliphatic carbocycles. The number of thioether (sulfide) groups is 1. The monoisotopic (exact) mass is 1070 g/mol. The van der Waals surface area contributed by atoms with Crippen LogP contribution >= 0.6 is 38.3 Å². The number of esters is 1. The number of imide groups is 1. The molecule has 2 saturated heterocycles. The van der Waals surface area contributed by atoms with E-state index >= 15 is 0 Å². The van der Waals surface area contributed by atoms with E-state index in [1.165, 1.54) is 36.2 Å². The van der Waals surface area contributed by atoms with Crippen molar-refractivity contribution in [2.24, 2.45) is 23.7 Å². The van der Waals surface area contributed by atoms with E-state index < -0.39 is 62.3 Å². The van der Waals surface area contributed by atoms with Gasteiger partial charge in [0.25, 0.3) is 5.91 Å². The van der Waals surface area contributed by atoms with Gasteiger partial charge in [-0.25, -0.2) is 9.55 Å². The van der Waals surface area contributed by atoms with E-state index in [4.69, 9.17) is 4.74 Å². The second-order valence-electron chi connectivity index (χ2n) is 19.6. The lowest BCUT2D eigenvalue weighted by Crippen LogP contribution is -2.48. The fourth-order valence-electron chi connectivity index (χ4n) is 9.21. The molecule has 0 spiro atoms. The molecule has 0 saturated carbocycles. The number of nitrogens with one attached hydrogen (secondary N) is 1.